The van der Waals surface area contributed by atoms with Crippen LogP contribution in [0.25, 0.3) is 11.3 Å². The van der Waals surface area contributed by atoms with E-state index in [0.717, 1.165) is 40.1 Å². The third kappa shape index (κ3) is 6.64. The zero-order valence-corrected chi connectivity index (χ0v) is 23.5. The van der Waals surface area contributed by atoms with Gasteiger partial charge in [0.1, 0.15) is 0 Å². The van der Waals surface area contributed by atoms with E-state index in [1.807, 2.05) is 30.5 Å². The van der Waals surface area contributed by atoms with Gasteiger partial charge in [-0.15, -0.1) is 28.3 Å². The molecule has 4 aromatic rings. The van der Waals surface area contributed by atoms with Crippen LogP contribution in [-0.2, 0) is 19.1 Å². The summed E-state index contributed by atoms with van der Waals surface area (Å²) in [7, 11) is 3.19. The number of benzene rings is 3. The molecule has 0 N–H and O–H groups in total. The summed E-state index contributed by atoms with van der Waals surface area (Å²) in [6.07, 6.45) is -3.75. The van der Waals surface area contributed by atoms with Crippen LogP contribution in [0.1, 0.15) is 22.3 Å². The third-order valence-electron chi connectivity index (χ3n) is 5.94. The molecule has 0 spiro atoms. The summed E-state index contributed by atoms with van der Waals surface area (Å²) in [5.74, 6) is 1.30. The van der Waals surface area contributed by atoms with E-state index in [-0.39, 0.29) is 22.7 Å². The van der Waals surface area contributed by atoms with E-state index in [0.29, 0.717) is 29.3 Å². The van der Waals surface area contributed by atoms with Crippen LogP contribution in [0.15, 0.2) is 71.0 Å². The second kappa shape index (κ2) is 12.0. The number of alkyl halides is 3. The molecule has 1 aromatic heterocycles. The normalized spacial score (nSPS) is 11.8. The van der Waals surface area contributed by atoms with Crippen LogP contribution in [0.3, 0.4) is 0 Å². The molecular formula is C28H28BrF3N2O2S. The average Bonchev–Trinajstić information content (AvgIpc) is 3.25. The lowest BCUT2D eigenvalue weighted by Crippen LogP contribution is -2.17. The summed E-state index contributed by atoms with van der Waals surface area (Å²) >= 11 is 1.41. The summed E-state index contributed by atoms with van der Waals surface area (Å²) < 4.78 is 52.6. The Labute approximate surface area is 228 Å². The first-order chi connectivity index (χ1) is 17.2. The standard InChI is InChI=1S/C28H27F3N2O2S.BrH/c1-18-8-9-19(2)23(14-18)24-17-36-27(32-22-7-5-6-21(16-22)28(29,30)31)33(24)13-12-20-10-11-25(34-3)26(15-20)35-4;/h5-11,14-17H,12-13H2,1-4H3;1H. The van der Waals surface area contributed by atoms with Gasteiger partial charge in [0.25, 0.3) is 0 Å². The zero-order valence-electron chi connectivity index (χ0n) is 20.9. The summed E-state index contributed by atoms with van der Waals surface area (Å²) in [5.41, 5.74) is 4.89. The molecule has 4 rings (SSSR count). The predicted octanol–water partition coefficient (Wildman–Crippen LogP) is 7.92. The SMILES string of the molecule is Br.COc1ccc(CCn2c(-c3cc(C)ccc3C)csc2=Nc2cccc(C(F)(F)F)c2)cc1OC. The highest BCUT2D eigenvalue weighted by Crippen LogP contribution is 2.32. The molecule has 1 heterocycles. The van der Waals surface area contributed by atoms with Gasteiger partial charge in [0.05, 0.1) is 31.2 Å². The van der Waals surface area contributed by atoms with Gasteiger partial charge in [0.2, 0.25) is 0 Å². The first kappa shape index (κ1) is 28.5. The van der Waals surface area contributed by atoms with E-state index in [1.54, 1.807) is 20.3 Å². The fourth-order valence-corrected chi connectivity index (χ4v) is 4.95. The van der Waals surface area contributed by atoms with Crippen LogP contribution < -0.4 is 14.3 Å². The van der Waals surface area contributed by atoms with Crippen LogP contribution in [0.4, 0.5) is 18.9 Å². The lowest BCUT2D eigenvalue weighted by Gasteiger charge is -2.13. The van der Waals surface area contributed by atoms with Gasteiger partial charge in [-0.1, -0.05) is 29.8 Å². The molecule has 37 heavy (non-hydrogen) atoms. The Balaban J connectivity index is 0.00000380. The van der Waals surface area contributed by atoms with Crippen molar-refractivity contribution in [3.05, 3.63) is 93.1 Å². The van der Waals surface area contributed by atoms with Crippen molar-refractivity contribution in [1.82, 2.24) is 4.57 Å². The summed E-state index contributed by atoms with van der Waals surface area (Å²) in [4.78, 5) is 5.25. The number of thiazole rings is 1. The van der Waals surface area contributed by atoms with Crippen molar-refractivity contribution in [2.24, 2.45) is 4.99 Å². The monoisotopic (exact) mass is 592 g/mol. The van der Waals surface area contributed by atoms with E-state index in [2.05, 4.69) is 34.7 Å². The summed E-state index contributed by atoms with van der Waals surface area (Å²) in [5, 5.41) is 2.02. The number of methoxy groups -OCH3 is 2. The quantitative estimate of drug-likeness (QED) is 0.218. The topological polar surface area (TPSA) is 35.8 Å². The van der Waals surface area contributed by atoms with Gasteiger partial charge < -0.3 is 14.0 Å². The first-order valence-corrected chi connectivity index (χ1v) is 12.3. The maximum Gasteiger partial charge on any atom is 0.416 e. The largest absolute Gasteiger partial charge is 0.493 e. The van der Waals surface area contributed by atoms with Gasteiger partial charge in [-0.3, -0.25) is 0 Å². The van der Waals surface area contributed by atoms with Crippen LogP contribution in [0.5, 0.6) is 11.5 Å². The van der Waals surface area contributed by atoms with Crippen molar-refractivity contribution in [2.45, 2.75) is 33.0 Å². The highest BCUT2D eigenvalue weighted by atomic mass is 79.9. The highest BCUT2D eigenvalue weighted by molar-refractivity contribution is 8.93. The van der Waals surface area contributed by atoms with E-state index in [1.165, 1.54) is 17.4 Å². The van der Waals surface area contributed by atoms with Crippen molar-refractivity contribution in [3.63, 3.8) is 0 Å². The maximum absolute atomic E-state index is 13.3. The van der Waals surface area contributed by atoms with E-state index < -0.39 is 11.7 Å². The number of halogens is 4. The molecule has 0 aliphatic carbocycles. The molecule has 0 saturated carbocycles. The smallest absolute Gasteiger partial charge is 0.416 e. The average molecular weight is 594 g/mol. The van der Waals surface area contributed by atoms with E-state index >= 15 is 0 Å². The van der Waals surface area contributed by atoms with Gasteiger partial charge in [-0.05, 0) is 67.8 Å². The molecular weight excluding hydrogens is 565 g/mol. The first-order valence-electron chi connectivity index (χ1n) is 11.4. The second-order valence-electron chi connectivity index (χ2n) is 8.47. The molecule has 0 fully saturated rings. The molecule has 0 unspecified atom stereocenters. The van der Waals surface area contributed by atoms with Crippen molar-refractivity contribution in [3.8, 4) is 22.8 Å². The molecule has 0 amide bonds. The molecule has 9 heteroatoms. The second-order valence-corrected chi connectivity index (χ2v) is 9.31. The lowest BCUT2D eigenvalue weighted by molar-refractivity contribution is -0.137. The van der Waals surface area contributed by atoms with Crippen molar-refractivity contribution in [1.29, 1.82) is 0 Å². The van der Waals surface area contributed by atoms with Gasteiger partial charge in [-0.25, -0.2) is 4.99 Å². The Morgan fingerprint density at radius 1 is 0.919 bits per heavy atom. The molecule has 0 saturated heterocycles. The molecule has 4 nitrogen and oxygen atoms in total. The summed E-state index contributed by atoms with van der Waals surface area (Å²) in [6.45, 7) is 4.67. The van der Waals surface area contributed by atoms with Gasteiger partial charge in [0, 0.05) is 17.5 Å². The minimum absolute atomic E-state index is 0. The van der Waals surface area contributed by atoms with Crippen molar-refractivity contribution < 1.29 is 22.6 Å². The number of aromatic nitrogens is 1. The number of hydrogen-bond acceptors (Lipinski definition) is 4. The molecule has 196 valence electrons. The summed E-state index contributed by atoms with van der Waals surface area (Å²) in [6, 6.07) is 17.2. The molecule has 0 bridgehead atoms. The Hall–Kier alpha value is -3.04. The highest BCUT2D eigenvalue weighted by Gasteiger charge is 2.30. The Kier molecular flexibility index (Phi) is 9.26. The number of hydrogen-bond donors (Lipinski definition) is 0. The molecule has 0 aliphatic rings. The van der Waals surface area contributed by atoms with Crippen LogP contribution >= 0.6 is 28.3 Å². The Morgan fingerprint density at radius 2 is 1.68 bits per heavy atom. The predicted molar refractivity (Wildman–Crippen MR) is 147 cm³/mol. The Bertz CT molecular complexity index is 1440. The van der Waals surface area contributed by atoms with Crippen LogP contribution in [0.2, 0.25) is 0 Å². The zero-order chi connectivity index (χ0) is 25.9. The minimum atomic E-state index is -4.42. The maximum atomic E-state index is 13.3. The number of aryl methyl sites for hydroxylation is 3. The van der Waals surface area contributed by atoms with E-state index in [9.17, 15) is 13.2 Å². The van der Waals surface area contributed by atoms with Crippen LogP contribution in [-0.4, -0.2) is 18.8 Å². The van der Waals surface area contributed by atoms with Gasteiger partial charge in [0.15, 0.2) is 16.3 Å². The molecule has 0 radical (unpaired) electrons. The minimum Gasteiger partial charge on any atom is -0.493 e. The van der Waals surface area contributed by atoms with Gasteiger partial charge >= 0.3 is 6.18 Å². The number of rotatable bonds is 7. The molecule has 3 aromatic carbocycles. The number of nitrogens with zero attached hydrogens (tertiary/aromatic N) is 2. The van der Waals surface area contributed by atoms with Crippen LogP contribution in [0, 0.1) is 13.8 Å². The Morgan fingerprint density at radius 3 is 2.38 bits per heavy atom. The molecule has 0 aliphatic heterocycles. The fraction of sp³-hybridized carbons (Fsp3) is 0.250. The van der Waals surface area contributed by atoms with Gasteiger partial charge in [-0.2, -0.15) is 13.2 Å². The van der Waals surface area contributed by atoms with Crippen molar-refractivity contribution in [2.75, 3.05) is 14.2 Å². The lowest BCUT2D eigenvalue weighted by atomic mass is 10.0. The molecule has 0 atom stereocenters. The van der Waals surface area contributed by atoms with E-state index in [4.69, 9.17) is 9.47 Å². The number of ether oxygens (including phenoxy) is 2. The fourth-order valence-electron chi connectivity index (χ4n) is 4.00. The van der Waals surface area contributed by atoms with Crippen molar-refractivity contribution >= 4 is 34.0 Å². The third-order valence-corrected chi connectivity index (χ3v) is 6.80.